The first kappa shape index (κ1) is 19.2. The molecule has 2 aliphatic rings. The topological polar surface area (TPSA) is 66.5 Å². The lowest BCUT2D eigenvalue weighted by atomic mass is 10.1. The average molecular weight is 373 g/mol. The maximum atomic E-state index is 12.5. The number of fused-ring (bicyclic) bond motifs is 1. The number of rotatable bonds is 4. The predicted molar refractivity (Wildman–Crippen MR) is 96.4 cm³/mol. The number of carbonyl (C=O) groups excluding carboxylic acids is 1. The summed E-state index contributed by atoms with van der Waals surface area (Å²) < 4.78 is 25.0. The van der Waals surface area contributed by atoms with Crippen molar-refractivity contribution in [3.05, 3.63) is 29.3 Å². The number of carbonyl (C=O) groups is 1. The monoisotopic (exact) mass is 372 g/mol. The van der Waals surface area contributed by atoms with Gasteiger partial charge in [-0.05, 0) is 49.4 Å². The highest BCUT2D eigenvalue weighted by Crippen LogP contribution is 2.25. The van der Waals surface area contributed by atoms with E-state index in [1.54, 1.807) is 17.0 Å². The first-order valence-electron chi connectivity index (χ1n) is 8.32. The molecule has 5 nitrogen and oxygen atoms in total. The number of piperazine rings is 1. The Kier molecular flexibility index (Phi) is 6.28. The van der Waals surface area contributed by atoms with Gasteiger partial charge in [-0.25, -0.2) is 8.42 Å². The molecule has 0 unspecified atom stereocenters. The number of amides is 1. The molecule has 1 heterocycles. The van der Waals surface area contributed by atoms with Gasteiger partial charge in [0.25, 0.3) is 0 Å². The van der Waals surface area contributed by atoms with E-state index < -0.39 is 9.84 Å². The average Bonchev–Trinajstić information content (AvgIpc) is 3.00. The minimum absolute atomic E-state index is 0. The van der Waals surface area contributed by atoms with Crippen molar-refractivity contribution in [3.8, 4) is 0 Å². The molecule has 1 amide bonds. The van der Waals surface area contributed by atoms with Gasteiger partial charge in [0, 0.05) is 32.1 Å². The van der Waals surface area contributed by atoms with Crippen LogP contribution in [0.2, 0.25) is 0 Å². The van der Waals surface area contributed by atoms with Gasteiger partial charge >= 0.3 is 0 Å². The van der Waals surface area contributed by atoms with Crippen molar-refractivity contribution in [2.75, 3.05) is 25.4 Å². The number of aryl methyl sites for hydroxylation is 2. The molecule has 1 aliphatic heterocycles. The Balaban J connectivity index is 0.00000208. The van der Waals surface area contributed by atoms with Gasteiger partial charge in [-0.2, -0.15) is 0 Å². The molecule has 1 aromatic rings. The molecule has 1 saturated heterocycles. The predicted octanol–water partition coefficient (Wildman–Crippen LogP) is 1.58. The second-order valence-electron chi connectivity index (χ2n) is 6.49. The van der Waals surface area contributed by atoms with Crippen LogP contribution in [0, 0.1) is 0 Å². The molecule has 0 spiro atoms. The number of nitrogens with one attached hydrogen (secondary N) is 1. The highest BCUT2D eigenvalue weighted by molar-refractivity contribution is 7.91. The Labute approximate surface area is 150 Å². The second kappa shape index (κ2) is 7.85. The van der Waals surface area contributed by atoms with Gasteiger partial charge in [0.2, 0.25) is 5.91 Å². The third kappa shape index (κ3) is 4.10. The van der Waals surface area contributed by atoms with Crippen LogP contribution in [0.1, 0.15) is 30.9 Å². The smallest absolute Gasteiger partial charge is 0.223 e. The molecular formula is C17H25ClN2O3S. The summed E-state index contributed by atoms with van der Waals surface area (Å²) >= 11 is 0. The Morgan fingerprint density at radius 1 is 1.29 bits per heavy atom. The van der Waals surface area contributed by atoms with Crippen LogP contribution in [-0.4, -0.2) is 50.7 Å². The SMILES string of the molecule is C[C@H]1CNCCN1C(=O)CCS(=O)(=O)c1ccc2c(c1)CCC2.Cl. The van der Waals surface area contributed by atoms with E-state index in [-0.39, 0.29) is 36.5 Å². The third-order valence-electron chi connectivity index (χ3n) is 4.84. The van der Waals surface area contributed by atoms with E-state index in [2.05, 4.69) is 5.32 Å². The molecule has 0 bridgehead atoms. The van der Waals surface area contributed by atoms with Crippen molar-refractivity contribution < 1.29 is 13.2 Å². The fourth-order valence-corrected chi connectivity index (χ4v) is 4.71. The summed E-state index contributed by atoms with van der Waals surface area (Å²) in [6, 6.07) is 5.54. The molecule has 7 heteroatoms. The minimum atomic E-state index is -3.40. The first-order valence-corrected chi connectivity index (χ1v) is 9.97. The van der Waals surface area contributed by atoms with Crippen LogP contribution in [0.25, 0.3) is 0 Å². The van der Waals surface area contributed by atoms with E-state index in [1.165, 1.54) is 5.56 Å². The number of hydrogen-bond donors (Lipinski definition) is 1. The van der Waals surface area contributed by atoms with E-state index in [9.17, 15) is 13.2 Å². The Morgan fingerprint density at radius 2 is 2.04 bits per heavy atom. The Morgan fingerprint density at radius 3 is 2.79 bits per heavy atom. The number of halogens is 1. The molecule has 134 valence electrons. The lowest BCUT2D eigenvalue weighted by Gasteiger charge is -2.34. The van der Waals surface area contributed by atoms with E-state index in [0.717, 1.165) is 37.9 Å². The minimum Gasteiger partial charge on any atom is -0.337 e. The van der Waals surface area contributed by atoms with Crippen LogP contribution in [0.4, 0.5) is 0 Å². The highest BCUT2D eigenvalue weighted by Gasteiger charge is 2.25. The van der Waals surface area contributed by atoms with E-state index in [4.69, 9.17) is 0 Å². The molecule has 1 atom stereocenters. The molecule has 3 rings (SSSR count). The fourth-order valence-electron chi connectivity index (χ4n) is 3.44. The summed E-state index contributed by atoms with van der Waals surface area (Å²) in [5.74, 6) is -0.176. The van der Waals surface area contributed by atoms with Gasteiger partial charge in [0.15, 0.2) is 9.84 Å². The number of nitrogens with zero attached hydrogens (tertiary/aromatic N) is 1. The Bertz CT molecular complexity index is 706. The highest BCUT2D eigenvalue weighted by atomic mass is 35.5. The standard InChI is InChI=1S/C17H24N2O3S.ClH/c1-13-12-18-8-9-19(13)17(20)7-10-23(21,22)16-6-5-14-3-2-4-15(14)11-16;/h5-6,11,13,18H,2-4,7-10,12H2,1H3;1H/t13-;/m0./s1. The van der Waals surface area contributed by atoms with Crippen molar-refractivity contribution in [3.63, 3.8) is 0 Å². The van der Waals surface area contributed by atoms with Crippen molar-refractivity contribution in [1.29, 1.82) is 0 Å². The molecule has 0 radical (unpaired) electrons. The second-order valence-corrected chi connectivity index (χ2v) is 8.60. The summed E-state index contributed by atoms with van der Waals surface area (Å²) in [5.41, 5.74) is 2.41. The maximum Gasteiger partial charge on any atom is 0.223 e. The molecule has 0 saturated carbocycles. The quantitative estimate of drug-likeness (QED) is 0.871. The van der Waals surface area contributed by atoms with Crippen LogP contribution in [0.15, 0.2) is 23.1 Å². The zero-order valence-corrected chi connectivity index (χ0v) is 15.6. The fraction of sp³-hybridized carbons (Fsp3) is 0.588. The largest absolute Gasteiger partial charge is 0.337 e. The van der Waals surface area contributed by atoms with Crippen LogP contribution < -0.4 is 5.32 Å². The number of hydrogen-bond acceptors (Lipinski definition) is 4. The lowest BCUT2D eigenvalue weighted by Crippen LogP contribution is -2.52. The summed E-state index contributed by atoms with van der Waals surface area (Å²) in [5, 5.41) is 3.23. The zero-order valence-electron chi connectivity index (χ0n) is 14.0. The van der Waals surface area contributed by atoms with E-state index >= 15 is 0 Å². The van der Waals surface area contributed by atoms with E-state index in [0.29, 0.717) is 11.4 Å². The van der Waals surface area contributed by atoms with Crippen LogP contribution in [0.3, 0.4) is 0 Å². The normalized spacial score (nSPS) is 20.4. The maximum absolute atomic E-state index is 12.5. The van der Waals surface area contributed by atoms with Crippen LogP contribution in [-0.2, 0) is 27.5 Å². The molecular weight excluding hydrogens is 348 g/mol. The Hall–Kier alpha value is -1.11. The molecule has 1 aromatic carbocycles. The van der Waals surface area contributed by atoms with Crippen molar-refractivity contribution in [1.82, 2.24) is 10.2 Å². The van der Waals surface area contributed by atoms with Gasteiger partial charge in [-0.3, -0.25) is 4.79 Å². The molecule has 0 aromatic heterocycles. The summed E-state index contributed by atoms with van der Waals surface area (Å²) in [7, 11) is -3.40. The number of benzene rings is 1. The van der Waals surface area contributed by atoms with Crippen molar-refractivity contribution >= 4 is 28.2 Å². The molecule has 24 heavy (non-hydrogen) atoms. The molecule has 1 N–H and O–H groups in total. The third-order valence-corrected chi connectivity index (χ3v) is 6.55. The van der Waals surface area contributed by atoms with Gasteiger partial charge in [0.05, 0.1) is 10.6 Å². The van der Waals surface area contributed by atoms with Gasteiger partial charge < -0.3 is 10.2 Å². The summed E-state index contributed by atoms with van der Waals surface area (Å²) in [6.07, 6.45) is 3.15. The van der Waals surface area contributed by atoms with Gasteiger partial charge in [-0.15, -0.1) is 12.4 Å². The lowest BCUT2D eigenvalue weighted by molar-refractivity contribution is -0.133. The first-order chi connectivity index (χ1) is 11.0. The summed E-state index contributed by atoms with van der Waals surface area (Å²) in [4.78, 5) is 14.5. The van der Waals surface area contributed by atoms with Gasteiger partial charge in [0.1, 0.15) is 0 Å². The summed E-state index contributed by atoms with van der Waals surface area (Å²) in [6.45, 7) is 4.18. The van der Waals surface area contributed by atoms with Crippen molar-refractivity contribution in [2.45, 2.75) is 43.5 Å². The van der Waals surface area contributed by atoms with Gasteiger partial charge in [-0.1, -0.05) is 6.07 Å². The molecule has 1 fully saturated rings. The van der Waals surface area contributed by atoms with Crippen molar-refractivity contribution in [2.24, 2.45) is 0 Å². The number of sulfone groups is 1. The zero-order chi connectivity index (χ0) is 16.4. The molecule has 1 aliphatic carbocycles. The van der Waals surface area contributed by atoms with E-state index in [1.807, 2.05) is 13.0 Å². The van der Waals surface area contributed by atoms with Crippen LogP contribution >= 0.6 is 12.4 Å². The van der Waals surface area contributed by atoms with Crippen LogP contribution in [0.5, 0.6) is 0 Å².